The van der Waals surface area contributed by atoms with Gasteiger partial charge in [0.25, 0.3) is 5.91 Å². The molecule has 3 aliphatic rings. The molecular formula is C27H45N5O5. The Morgan fingerprint density at radius 3 is 2.27 bits per heavy atom. The van der Waals surface area contributed by atoms with Crippen molar-refractivity contribution < 1.29 is 52.8 Å². The Balaban J connectivity index is 2.29. The van der Waals surface area contributed by atoms with Crippen LogP contribution in [0.5, 0.6) is 0 Å². The van der Waals surface area contributed by atoms with E-state index in [1.165, 1.54) is 5.32 Å². The van der Waals surface area contributed by atoms with Crippen molar-refractivity contribution in [3.63, 3.8) is 0 Å². The van der Waals surface area contributed by atoms with Crippen molar-refractivity contribution in [1.82, 2.24) is 20.9 Å². The van der Waals surface area contributed by atoms with E-state index in [1.54, 1.807) is 5.32 Å². The normalized spacial score (nSPS) is 37.1. The standard InChI is InChI=1S/C27H45N5O5/c1-25(2,3)20(30-24(37)31-26(4,5)6)23(36)32-13-15-17(27(15,7)8)18(32)22(35)29-16(19(33)21(28)34)12-14-10-9-11-14/h14-18,20H,9-13H2,1-8H3,(H2,28,34)(H,29,35)(H2,30,31,37)/t15-,16?,17-,18-,20+/m0/s1/i1D3,2D3,4D3,5D3,6D3,7D3,8D3. The third kappa shape index (κ3) is 6.26. The fourth-order valence-electron chi connectivity index (χ4n) is 4.95. The molecule has 1 aliphatic heterocycles. The predicted molar refractivity (Wildman–Crippen MR) is 139 cm³/mol. The van der Waals surface area contributed by atoms with Gasteiger partial charge in [-0.2, -0.15) is 0 Å². The molecule has 1 heterocycles. The molecule has 0 aromatic heterocycles. The van der Waals surface area contributed by atoms with E-state index in [1.807, 2.05) is 0 Å². The molecule has 0 aromatic carbocycles. The zero-order valence-electron chi connectivity index (χ0n) is 41.1. The van der Waals surface area contributed by atoms with E-state index in [0.717, 1.165) is 6.42 Å². The molecule has 10 nitrogen and oxygen atoms in total. The lowest BCUT2D eigenvalue weighted by Crippen LogP contribution is -2.62. The third-order valence-corrected chi connectivity index (χ3v) is 7.13. The topological polar surface area (TPSA) is 151 Å². The van der Waals surface area contributed by atoms with Gasteiger partial charge >= 0.3 is 6.03 Å². The number of hydrogen-bond donors (Lipinski definition) is 4. The summed E-state index contributed by atoms with van der Waals surface area (Å²) >= 11 is 0. The Labute approximate surface area is 249 Å². The van der Waals surface area contributed by atoms with Crippen LogP contribution in [0.2, 0.25) is 0 Å². The molecule has 0 aromatic rings. The smallest absolute Gasteiger partial charge is 0.315 e. The molecule has 5 amide bonds. The number of amides is 5. The molecule has 2 aliphatic carbocycles. The van der Waals surface area contributed by atoms with Crippen molar-refractivity contribution in [3.05, 3.63) is 0 Å². The van der Waals surface area contributed by atoms with E-state index in [-0.39, 0.29) is 12.3 Å². The van der Waals surface area contributed by atoms with Gasteiger partial charge in [0.2, 0.25) is 17.6 Å². The summed E-state index contributed by atoms with van der Waals surface area (Å²) in [5.41, 5.74) is -5.15. The minimum Gasteiger partial charge on any atom is -0.363 e. The van der Waals surface area contributed by atoms with Gasteiger partial charge in [0.15, 0.2) is 0 Å². The summed E-state index contributed by atoms with van der Waals surface area (Å²) in [7, 11) is 0. The van der Waals surface area contributed by atoms with Crippen molar-refractivity contribution in [2.45, 2.75) is 104 Å². The van der Waals surface area contributed by atoms with E-state index < -0.39 is 130 Å². The minimum atomic E-state index is -4.14. The largest absolute Gasteiger partial charge is 0.363 e. The summed E-state index contributed by atoms with van der Waals surface area (Å²) in [4.78, 5) is 68.0. The maximum atomic E-state index is 14.8. The second kappa shape index (κ2) is 9.91. The number of primary amides is 1. The number of nitrogens with two attached hydrogens (primary N) is 1. The van der Waals surface area contributed by atoms with Gasteiger partial charge < -0.3 is 26.6 Å². The van der Waals surface area contributed by atoms with Gasteiger partial charge in [-0.25, -0.2) is 4.79 Å². The molecule has 0 bridgehead atoms. The first-order valence-electron chi connectivity index (χ1n) is 22.1. The minimum absolute atomic E-state index is 0.176. The van der Waals surface area contributed by atoms with Crippen LogP contribution in [0.25, 0.3) is 0 Å². The highest BCUT2D eigenvalue weighted by atomic mass is 16.2. The molecule has 2 saturated carbocycles. The first kappa shape index (κ1) is 11.6. The Hall–Kier alpha value is -2.65. The summed E-state index contributed by atoms with van der Waals surface area (Å²) in [6.07, 6.45) is 1.67. The monoisotopic (exact) mass is 540 g/mol. The van der Waals surface area contributed by atoms with E-state index in [0.29, 0.717) is 24.7 Å². The second-order valence-corrected chi connectivity index (χ2v) is 10.2. The van der Waals surface area contributed by atoms with Crippen LogP contribution in [0.1, 0.15) is 109 Å². The van der Waals surface area contributed by atoms with Gasteiger partial charge in [0.1, 0.15) is 12.1 Å². The molecule has 3 fully saturated rings. The molecule has 10 heteroatoms. The summed E-state index contributed by atoms with van der Waals surface area (Å²) in [5.74, 6) is -9.81. The maximum Gasteiger partial charge on any atom is 0.315 e. The molecule has 208 valence electrons. The first-order chi connectivity index (χ1) is 25.6. The van der Waals surface area contributed by atoms with Gasteiger partial charge in [-0.05, 0) is 55.6 Å². The number of carbonyl (C=O) groups is 5. The molecule has 1 saturated heterocycles. The van der Waals surface area contributed by atoms with Crippen LogP contribution in [0, 0.1) is 28.6 Å². The molecule has 5 atom stereocenters. The number of hydrogen-bond acceptors (Lipinski definition) is 5. The Bertz CT molecular complexity index is 1580. The van der Waals surface area contributed by atoms with Crippen molar-refractivity contribution in [2.75, 3.05) is 6.54 Å². The lowest BCUT2D eigenvalue weighted by atomic mass is 9.80. The number of rotatable bonds is 8. The van der Waals surface area contributed by atoms with Crippen molar-refractivity contribution >= 4 is 29.5 Å². The molecule has 37 heavy (non-hydrogen) atoms. The summed E-state index contributed by atoms with van der Waals surface area (Å²) in [6, 6.07) is -9.18. The number of nitrogens with one attached hydrogen (secondary N) is 3. The summed E-state index contributed by atoms with van der Waals surface area (Å²) in [6.45, 7) is -27.3. The predicted octanol–water partition coefficient (Wildman–Crippen LogP) is 1.71. The highest BCUT2D eigenvalue weighted by Gasteiger charge is 2.70. The van der Waals surface area contributed by atoms with Crippen LogP contribution in [-0.4, -0.2) is 64.6 Å². The van der Waals surface area contributed by atoms with Gasteiger partial charge in [0, 0.05) is 40.9 Å². The zero-order chi connectivity index (χ0) is 45.6. The average molecular weight is 541 g/mol. The van der Waals surface area contributed by atoms with Crippen LogP contribution in [0.4, 0.5) is 4.79 Å². The van der Waals surface area contributed by atoms with Crippen molar-refractivity contribution in [2.24, 2.45) is 34.3 Å². The first-order valence-corrected chi connectivity index (χ1v) is 11.6. The van der Waals surface area contributed by atoms with Crippen molar-refractivity contribution in [3.8, 4) is 0 Å². The lowest BCUT2D eigenvalue weighted by molar-refractivity contribution is -0.145. The maximum absolute atomic E-state index is 14.8. The molecule has 1 unspecified atom stereocenters. The fourth-order valence-corrected chi connectivity index (χ4v) is 4.95. The van der Waals surface area contributed by atoms with Gasteiger partial charge in [-0.1, -0.05) is 53.6 Å². The highest BCUT2D eigenvalue weighted by molar-refractivity contribution is 6.37. The summed E-state index contributed by atoms with van der Waals surface area (Å²) in [5, 5.41) is 5.14. The summed E-state index contributed by atoms with van der Waals surface area (Å²) < 4.78 is 168. The number of carbonyl (C=O) groups excluding carboxylic acids is 5. The zero-order valence-corrected chi connectivity index (χ0v) is 20.1. The van der Waals surface area contributed by atoms with E-state index in [2.05, 4.69) is 5.32 Å². The molecule has 3 rings (SSSR count). The van der Waals surface area contributed by atoms with E-state index >= 15 is 0 Å². The number of ketones is 1. The number of fused-ring (bicyclic) bond motifs is 1. The Morgan fingerprint density at radius 2 is 1.76 bits per heavy atom. The third-order valence-electron chi connectivity index (χ3n) is 7.13. The van der Waals surface area contributed by atoms with Crippen LogP contribution in [-0.2, 0) is 19.2 Å². The number of piperidine rings is 1. The molecule has 5 N–H and O–H groups in total. The number of likely N-dealkylation sites (tertiary alicyclic amines) is 1. The van der Waals surface area contributed by atoms with Crippen LogP contribution < -0.4 is 21.7 Å². The quantitative estimate of drug-likeness (QED) is 0.346. The van der Waals surface area contributed by atoms with Gasteiger partial charge in [0.05, 0.1) is 6.04 Å². The van der Waals surface area contributed by atoms with Gasteiger partial charge in [-0.3, -0.25) is 19.2 Å². The highest BCUT2D eigenvalue weighted by Crippen LogP contribution is 2.65. The number of Topliss-reactive ketones (excluding diaryl/α,β-unsaturated/α-hetero) is 1. The fraction of sp³-hybridized carbons (Fsp3) is 0.815. The number of urea groups is 1. The van der Waals surface area contributed by atoms with Gasteiger partial charge in [-0.15, -0.1) is 0 Å². The molecular weight excluding hydrogens is 474 g/mol. The Kier molecular flexibility index (Phi) is 3.11. The van der Waals surface area contributed by atoms with Crippen LogP contribution in [0.15, 0.2) is 0 Å². The molecule has 0 spiro atoms. The molecule has 0 radical (unpaired) electrons. The van der Waals surface area contributed by atoms with E-state index in [4.69, 9.17) is 34.5 Å². The van der Waals surface area contributed by atoms with Crippen LogP contribution in [0.3, 0.4) is 0 Å². The Morgan fingerprint density at radius 1 is 1.08 bits per heavy atom. The van der Waals surface area contributed by atoms with E-state index in [9.17, 15) is 24.0 Å². The van der Waals surface area contributed by atoms with Crippen molar-refractivity contribution in [1.29, 1.82) is 0 Å². The number of nitrogens with zero attached hydrogens (tertiary/aromatic N) is 1. The average Bonchev–Trinajstić information content (AvgIpc) is 3.50. The second-order valence-electron chi connectivity index (χ2n) is 10.2. The SMILES string of the molecule is [2H]C([2H])([2H])C(C)([C@H](NC(=O)NC(C([2H])([2H])[2H])(C([2H])([2H])[2H])C([2H])([2H])[2H])C(=O)N1C[C@H]2[C@@H]([C@H]1C(=O)NC(CC1CCC1)C(=O)C(N)=O)C2(C([2H])([2H])[2H])C([2H])([2H])[2H])C([2H])([2H])[2H]. The van der Waals surface area contributed by atoms with Crippen LogP contribution >= 0.6 is 0 Å². The lowest BCUT2D eigenvalue weighted by Gasteiger charge is -2.38.